The van der Waals surface area contributed by atoms with Crippen molar-refractivity contribution >= 4 is 17.3 Å². The maximum Gasteiger partial charge on any atom is 0.288 e. The van der Waals surface area contributed by atoms with Gasteiger partial charge in [0.25, 0.3) is 5.69 Å². The summed E-state index contributed by atoms with van der Waals surface area (Å²) in [6, 6.07) is 5.56. The lowest BCUT2D eigenvalue weighted by atomic mass is 9.85. The number of nitro benzene ring substituents is 1. The van der Waals surface area contributed by atoms with Gasteiger partial charge in [-0.1, -0.05) is 17.7 Å². The number of rotatable bonds is 2. The van der Waals surface area contributed by atoms with E-state index < -0.39 is 4.92 Å². The van der Waals surface area contributed by atoms with Gasteiger partial charge in [-0.05, 0) is 31.6 Å². The Balaban J connectivity index is 1.89. The number of nitrogens with zero attached hydrogens (tertiary/aromatic N) is 2. The van der Waals surface area contributed by atoms with E-state index in [-0.39, 0.29) is 16.8 Å². The van der Waals surface area contributed by atoms with Crippen molar-refractivity contribution in [2.24, 2.45) is 5.92 Å². The first-order valence-corrected chi connectivity index (χ1v) is 7.07. The zero-order chi connectivity index (χ0) is 14.3. The van der Waals surface area contributed by atoms with Gasteiger partial charge in [-0.3, -0.25) is 15.5 Å². The predicted molar refractivity (Wildman–Crippen MR) is 76.5 cm³/mol. The molecule has 2 fully saturated rings. The minimum Gasteiger partial charge on any atom is -0.306 e. The third-order valence-electron chi connectivity index (χ3n) is 4.24. The van der Waals surface area contributed by atoms with Crippen LogP contribution < -0.4 is 10.9 Å². The Morgan fingerprint density at radius 1 is 1.45 bits per heavy atom. The summed E-state index contributed by atoms with van der Waals surface area (Å²) in [6.07, 6.45) is 1.08. The zero-order valence-electron chi connectivity index (χ0n) is 11.2. The second kappa shape index (κ2) is 5.29. The lowest BCUT2D eigenvalue weighted by Crippen LogP contribution is -2.43. The number of fused-ring (bicyclic) bond motifs is 1. The number of piperidine rings is 1. The Morgan fingerprint density at radius 2 is 2.25 bits per heavy atom. The molecule has 0 spiro atoms. The van der Waals surface area contributed by atoms with Crippen LogP contribution in [0.25, 0.3) is 0 Å². The molecule has 7 heteroatoms. The van der Waals surface area contributed by atoms with Crippen LogP contribution >= 0.6 is 11.6 Å². The van der Waals surface area contributed by atoms with Crippen LogP contribution in [-0.4, -0.2) is 36.0 Å². The van der Waals surface area contributed by atoms with Crippen LogP contribution in [0.5, 0.6) is 0 Å². The summed E-state index contributed by atoms with van der Waals surface area (Å²) >= 11 is 5.87. The minimum atomic E-state index is -0.432. The van der Waals surface area contributed by atoms with Crippen LogP contribution in [0.3, 0.4) is 0 Å². The predicted octanol–water partition coefficient (Wildman–Crippen LogP) is 1.72. The molecule has 2 aliphatic heterocycles. The zero-order valence-corrected chi connectivity index (χ0v) is 11.9. The highest BCUT2D eigenvalue weighted by molar-refractivity contribution is 6.32. The smallest absolute Gasteiger partial charge is 0.288 e. The highest BCUT2D eigenvalue weighted by atomic mass is 35.5. The number of nitro groups is 1. The molecule has 0 amide bonds. The lowest BCUT2D eigenvalue weighted by molar-refractivity contribution is -0.384. The second-order valence-corrected chi connectivity index (χ2v) is 5.96. The summed E-state index contributed by atoms with van der Waals surface area (Å²) in [5, 5.41) is 11.2. The van der Waals surface area contributed by atoms with Crippen molar-refractivity contribution in [1.29, 1.82) is 0 Å². The van der Waals surface area contributed by atoms with E-state index in [2.05, 4.69) is 22.8 Å². The fraction of sp³-hybridized carbons (Fsp3) is 0.538. The molecule has 2 N–H and O–H groups in total. The Kier molecular flexibility index (Phi) is 3.64. The van der Waals surface area contributed by atoms with Gasteiger partial charge in [0, 0.05) is 24.6 Å². The molecule has 0 aliphatic carbocycles. The van der Waals surface area contributed by atoms with Crippen molar-refractivity contribution in [1.82, 2.24) is 15.8 Å². The third-order valence-corrected chi connectivity index (χ3v) is 4.56. The summed E-state index contributed by atoms with van der Waals surface area (Å²) in [6.45, 7) is 2.05. The van der Waals surface area contributed by atoms with E-state index in [4.69, 9.17) is 11.6 Å². The van der Waals surface area contributed by atoms with Gasteiger partial charge in [0.05, 0.1) is 11.0 Å². The lowest BCUT2D eigenvalue weighted by Gasteiger charge is -2.33. The standard InChI is InChI=1S/C13H17ClN4O2/c1-17-5-4-11-9(7-17)13(16-15-11)8-2-3-10(14)12(6-8)18(19)20/h2-3,6,9,11,13,15-16H,4-5,7H2,1H3. The van der Waals surface area contributed by atoms with Gasteiger partial charge in [-0.25, -0.2) is 5.43 Å². The van der Waals surface area contributed by atoms with Crippen molar-refractivity contribution in [3.63, 3.8) is 0 Å². The highest BCUT2D eigenvalue weighted by Crippen LogP contribution is 2.36. The van der Waals surface area contributed by atoms with E-state index in [9.17, 15) is 10.1 Å². The molecule has 6 nitrogen and oxygen atoms in total. The number of nitrogens with one attached hydrogen (secondary N) is 2. The minimum absolute atomic E-state index is 0.0291. The molecule has 108 valence electrons. The molecule has 2 heterocycles. The highest BCUT2D eigenvalue weighted by Gasteiger charge is 2.40. The maximum atomic E-state index is 11.0. The van der Waals surface area contributed by atoms with Crippen LogP contribution in [0.15, 0.2) is 18.2 Å². The fourth-order valence-electron chi connectivity index (χ4n) is 3.17. The monoisotopic (exact) mass is 296 g/mol. The Hall–Kier alpha value is -1.21. The number of benzene rings is 1. The van der Waals surface area contributed by atoms with E-state index >= 15 is 0 Å². The first-order valence-electron chi connectivity index (χ1n) is 6.69. The maximum absolute atomic E-state index is 11.0. The second-order valence-electron chi connectivity index (χ2n) is 5.56. The van der Waals surface area contributed by atoms with Gasteiger partial charge in [0.2, 0.25) is 0 Å². The summed E-state index contributed by atoms with van der Waals surface area (Å²) in [5.74, 6) is 0.412. The Labute approximate surface area is 122 Å². The van der Waals surface area contributed by atoms with Crippen LogP contribution in [0, 0.1) is 16.0 Å². The third kappa shape index (κ3) is 2.40. The Bertz CT molecular complexity index is 539. The molecule has 3 rings (SSSR count). The van der Waals surface area contributed by atoms with Gasteiger partial charge in [0.1, 0.15) is 5.02 Å². The number of halogens is 1. The fourth-order valence-corrected chi connectivity index (χ4v) is 3.35. The molecule has 20 heavy (non-hydrogen) atoms. The van der Waals surface area contributed by atoms with Crippen LogP contribution in [-0.2, 0) is 0 Å². The normalized spacial score (nSPS) is 30.2. The number of hydrazine groups is 1. The SMILES string of the molecule is CN1CCC2NNC(c3ccc(Cl)c([N+](=O)[O-])c3)C2C1. The van der Waals surface area contributed by atoms with Gasteiger partial charge in [-0.2, -0.15) is 0 Å². The van der Waals surface area contributed by atoms with Crippen LogP contribution in [0.2, 0.25) is 5.02 Å². The molecule has 0 saturated carbocycles. The molecule has 0 radical (unpaired) electrons. The molecule has 2 aliphatic rings. The van der Waals surface area contributed by atoms with Crippen molar-refractivity contribution < 1.29 is 4.92 Å². The summed E-state index contributed by atoms with van der Waals surface area (Å²) in [7, 11) is 2.11. The molecule has 3 atom stereocenters. The summed E-state index contributed by atoms with van der Waals surface area (Å²) < 4.78 is 0. The molecule has 2 saturated heterocycles. The molecular weight excluding hydrogens is 280 g/mol. The number of hydrogen-bond donors (Lipinski definition) is 2. The first kappa shape index (κ1) is 13.8. The quantitative estimate of drug-likeness (QED) is 0.642. The van der Waals surface area contributed by atoms with Crippen LogP contribution in [0.4, 0.5) is 5.69 Å². The number of likely N-dealkylation sites (tertiary alicyclic amines) is 1. The van der Waals surface area contributed by atoms with Crippen molar-refractivity contribution in [2.75, 3.05) is 20.1 Å². The van der Waals surface area contributed by atoms with Crippen molar-refractivity contribution in [2.45, 2.75) is 18.5 Å². The topological polar surface area (TPSA) is 70.4 Å². The van der Waals surface area contributed by atoms with Gasteiger partial charge in [0.15, 0.2) is 0 Å². The molecule has 0 aromatic heterocycles. The summed E-state index contributed by atoms with van der Waals surface area (Å²) in [4.78, 5) is 12.9. The molecule has 0 bridgehead atoms. The Morgan fingerprint density at radius 3 is 3.00 bits per heavy atom. The van der Waals surface area contributed by atoms with E-state index in [1.54, 1.807) is 12.1 Å². The summed E-state index contributed by atoms with van der Waals surface area (Å²) in [5.41, 5.74) is 7.47. The largest absolute Gasteiger partial charge is 0.306 e. The van der Waals surface area contributed by atoms with E-state index in [1.807, 2.05) is 6.07 Å². The van der Waals surface area contributed by atoms with Gasteiger partial charge >= 0.3 is 0 Å². The average molecular weight is 297 g/mol. The molecular formula is C13H17ClN4O2. The van der Waals surface area contributed by atoms with Gasteiger partial charge in [-0.15, -0.1) is 0 Å². The van der Waals surface area contributed by atoms with Crippen molar-refractivity contribution in [3.05, 3.63) is 38.9 Å². The van der Waals surface area contributed by atoms with E-state index in [0.29, 0.717) is 12.0 Å². The van der Waals surface area contributed by atoms with Crippen LogP contribution in [0.1, 0.15) is 18.0 Å². The molecule has 1 aromatic carbocycles. The number of hydrogen-bond acceptors (Lipinski definition) is 5. The first-order chi connectivity index (χ1) is 9.56. The van der Waals surface area contributed by atoms with E-state index in [0.717, 1.165) is 25.1 Å². The molecule has 1 aromatic rings. The molecule has 3 unspecified atom stereocenters. The van der Waals surface area contributed by atoms with Crippen molar-refractivity contribution in [3.8, 4) is 0 Å². The average Bonchev–Trinajstić information content (AvgIpc) is 2.82. The van der Waals surface area contributed by atoms with E-state index in [1.165, 1.54) is 0 Å². The van der Waals surface area contributed by atoms with Gasteiger partial charge < -0.3 is 4.90 Å².